The molecule has 1 heterocycles. The number of carbonyl (C=O) groups is 1. The Kier molecular flexibility index (Phi) is 6.51. The van der Waals surface area contributed by atoms with Gasteiger partial charge in [-0.3, -0.25) is 0 Å². The van der Waals surface area contributed by atoms with E-state index in [1.165, 1.54) is 0 Å². The van der Waals surface area contributed by atoms with Gasteiger partial charge in [0.15, 0.2) is 5.01 Å². The lowest BCUT2D eigenvalue weighted by Crippen LogP contribution is -2.19. The van der Waals surface area contributed by atoms with Gasteiger partial charge in [-0.25, -0.2) is 4.79 Å². The topological polar surface area (TPSA) is 99.7 Å². The summed E-state index contributed by atoms with van der Waals surface area (Å²) in [7, 11) is 0. The molecule has 1 aromatic rings. The fraction of sp³-hybridized carbons (Fsp3) is 0.600. The summed E-state index contributed by atoms with van der Waals surface area (Å²) in [5.74, 6) is -0.561. The van der Waals surface area contributed by atoms with Gasteiger partial charge >= 0.3 is 5.97 Å². The van der Waals surface area contributed by atoms with Crippen LogP contribution in [0.4, 0.5) is 5.95 Å². The Morgan fingerprint density at radius 3 is 2.55 bits per heavy atom. The van der Waals surface area contributed by atoms with E-state index >= 15 is 0 Å². The van der Waals surface area contributed by atoms with E-state index in [2.05, 4.69) is 14.5 Å². The zero-order chi connectivity index (χ0) is 15.2. The molecule has 0 spiro atoms. The number of hydrogen-bond acceptors (Lipinski definition) is 9. The molecule has 10 heteroatoms. The Hall–Kier alpha value is -1.05. The van der Waals surface area contributed by atoms with Crippen molar-refractivity contribution in [1.82, 2.24) is 9.36 Å². The molecule has 0 aromatic carbocycles. The summed E-state index contributed by atoms with van der Waals surface area (Å²) in [6, 6.07) is 0. The lowest BCUT2D eigenvalue weighted by Gasteiger charge is -2.18. The summed E-state index contributed by atoms with van der Waals surface area (Å²) in [6.45, 7) is 5.88. The van der Waals surface area contributed by atoms with Crippen LogP contribution in [0.15, 0.2) is 5.16 Å². The zero-order valence-electron chi connectivity index (χ0n) is 11.5. The smallest absolute Gasteiger partial charge is 0.366 e. The van der Waals surface area contributed by atoms with E-state index < -0.39 is 12.2 Å². The molecule has 0 saturated heterocycles. The summed E-state index contributed by atoms with van der Waals surface area (Å²) in [5.41, 5.74) is 5.41. The van der Waals surface area contributed by atoms with Crippen molar-refractivity contribution in [2.75, 3.05) is 24.7 Å². The molecule has 112 valence electrons. The predicted octanol–water partition coefficient (Wildman–Crippen LogP) is 1.84. The molecule has 0 bridgehead atoms. The number of nitrogen functional groups attached to an aromatic ring is 1. The third kappa shape index (κ3) is 4.50. The number of rotatable bonds is 7. The number of anilines is 1. The Bertz CT molecular complexity index is 538. The first-order chi connectivity index (χ1) is 9.45. The minimum Gasteiger partial charge on any atom is -0.432 e. The quantitative estimate of drug-likeness (QED) is 0.460. The fourth-order valence-corrected chi connectivity index (χ4v) is 3.03. The van der Waals surface area contributed by atoms with Crippen LogP contribution in [0.3, 0.4) is 0 Å². The van der Waals surface area contributed by atoms with Gasteiger partial charge < -0.3 is 15.1 Å². The predicted molar refractivity (Wildman–Crippen MR) is 83.9 cm³/mol. The fourth-order valence-electron chi connectivity index (χ4n) is 1.17. The third-order valence-corrected chi connectivity index (χ3v) is 7.27. The average molecular weight is 336 g/mol. The number of hydrogen-bond donors (Lipinski definition) is 1. The van der Waals surface area contributed by atoms with Crippen LogP contribution in [0.2, 0.25) is 0 Å². The van der Waals surface area contributed by atoms with Crippen LogP contribution >= 0.6 is 17.8 Å². The summed E-state index contributed by atoms with van der Waals surface area (Å²) in [5, 5.41) is 4.00. The van der Waals surface area contributed by atoms with Gasteiger partial charge in [0, 0.05) is 12.3 Å². The molecule has 0 unspecified atom stereocenters. The molecule has 0 saturated carbocycles. The summed E-state index contributed by atoms with van der Waals surface area (Å²) < 4.78 is 9.25. The van der Waals surface area contributed by atoms with Crippen molar-refractivity contribution < 1.29 is 14.2 Å². The van der Waals surface area contributed by atoms with Crippen LogP contribution in [0.1, 0.15) is 25.8 Å². The zero-order valence-corrected chi connectivity index (χ0v) is 14.1. The van der Waals surface area contributed by atoms with Gasteiger partial charge in [0.25, 0.3) is 0 Å². The molecule has 1 aromatic heterocycles. The van der Waals surface area contributed by atoms with Crippen molar-refractivity contribution in [3.8, 4) is 0 Å². The van der Waals surface area contributed by atoms with Gasteiger partial charge in [0.05, 0.1) is 0 Å². The summed E-state index contributed by atoms with van der Waals surface area (Å²) in [6.07, 6.45) is -0.905. The van der Waals surface area contributed by atoms with Crippen molar-refractivity contribution in [1.29, 1.82) is 0 Å². The van der Waals surface area contributed by atoms with E-state index in [-0.39, 0.29) is 16.7 Å². The molecular formula is C10H17N4O3PS2. The van der Waals surface area contributed by atoms with Crippen LogP contribution in [0, 0.1) is 0 Å². The second kappa shape index (κ2) is 7.66. The molecule has 7 nitrogen and oxygen atoms in total. The standard InChI is InChI=1S/C10H17N4O3PS2/c1-4-16-13-7(8-12-10(11)14-20-8)9(15)17-18(19,5-2)6-3/h4-6H2,1-3H3,(H2,11,14)/b13-7+. The van der Waals surface area contributed by atoms with E-state index in [1.807, 2.05) is 13.8 Å². The Balaban J connectivity index is 3.01. The van der Waals surface area contributed by atoms with E-state index in [9.17, 15) is 4.79 Å². The molecule has 0 amide bonds. The molecule has 2 N–H and O–H groups in total. The van der Waals surface area contributed by atoms with E-state index in [0.29, 0.717) is 18.9 Å². The molecule has 0 aliphatic heterocycles. The molecule has 0 atom stereocenters. The SMILES string of the molecule is CCO/N=C(/C(=O)OP(=S)(CC)CC)c1nc(N)ns1. The molecule has 0 aliphatic carbocycles. The largest absolute Gasteiger partial charge is 0.432 e. The highest BCUT2D eigenvalue weighted by Crippen LogP contribution is 2.46. The maximum atomic E-state index is 12.2. The number of nitrogens with zero attached hydrogens (tertiary/aromatic N) is 3. The molecule has 1 rings (SSSR count). The van der Waals surface area contributed by atoms with Crippen molar-refractivity contribution in [3.05, 3.63) is 5.01 Å². The van der Waals surface area contributed by atoms with Crippen LogP contribution in [-0.2, 0) is 26.0 Å². The number of oxime groups is 1. The number of nitrogens with two attached hydrogens (primary N) is 1. The average Bonchev–Trinajstić information content (AvgIpc) is 2.85. The first-order valence-corrected chi connectivity index (χ1v) is 9.93. The molecule has 20 heavy (non-hydrogen) atoms. The maximum Gasteiger partial charge on any atom is 0.366 e. The van der Waals surface area contributed by atoms with Crippen LogP contribution in [-0.4, -0.2) is 40.0 Å². The van der Waals surface area contributed by atoms with Crippen LogP contribution in [0.25, 0.3) is 0 Å². The minimum absolute atomic E-state index is 0.0443. The highest BCUT2D eigenvalue weighted by molar-refractivity contribution is 8.12. The van der Waals surface area contributed by atoms with Gasteiger partial charge in [-0.1, -0.05) is 30.8 Å². The Labute approximate surface area is 126 Å². The summed E-state index contributed by atoms with van der Waals surface area (Å²) >= 11 is 6.34. The molecule has 0 fully saturated rings. The molecule has 0 radical (unpaired) electrons. The maximum absolute atomic E-state index is 12.2. The van der Waals surface area contributed by atoms with Gasteiger partial charge in [0.1, 0.15) is 12.9 Å². The van der Waals surface area contributed by atoms with Crippen molar-refractivity contribution in [2.45, 2.75) is 20.8 Å². The number of carbonyl (C=O) groups excluding carboxylic acids is 1. The van der Waals surface area contributed by atoms with Crippen molar-refractivity contribution in [3.63, 3.8) is 0 Å². The van der Waals surface area contributed by atoms with Gasteiger partial charge in [-0.2, -0.15) is 9.36 Å². The summed E-state index contributed by atoms with van der Waals surface area (Å²) in [4.78, 5) is 21.1. The normalized spacial score (nSPS) is 12.2. The van der Waals surface area contributed by atoms with Crippen molar-refractivity contribution in [2.24, 2.45) is 5.16 Å². The Morgan fingerprint density at radius 2 is 2.10 bits per heavy atom. The second-order valence-electron chi connectivity index (χ2n) is 3.64. The van der Waals surface area contributed by atoms with Gasteiger partial charge in [-0.15, -0.1) is 0 Å². The van der Waals surface area contributed by atoms with Gasteiger partial charge in [-0.05, 0) is 18.5 Å². The van der Waals surface area contributed by atoms with E-state index in [0.717, 1.165) is 11.5 Å². The van der Waals surface area contributed by atoms with Gasteiger partial charge in [0.2, 0.25) is 11.7 Å². The number of aromatic nitrogens is 2. The first kappa shape index (κ1) is 17.0. The van der Waals surface area contributed by atoms with E-state index in [4.69, 9.17) is 26.9 Å². The van der Waals surface area contributed by atoms with E-state index in [1.54, 1.807) is 6.92 Å². The lowest BCUT2D eigenvalue weighted by molar-refractivity contribution is -0.126. The lowest BCUT2D eigenvalue weighted by atomic mass is 10.4. The minimum atomic E-state index is -2.16. The third-order valence-electron chi connectivity index (χ3n) is 2.34. The Morgan fingerprint density at radius 1 is 1.45 bits per heavy atom. The van der Waals surface area contributed by atoms with Crippen molar-refractivity contribution >= 4 is 47.2 Å². The van der Waals surface area contributed by atoms with Crippen LogP contribution in [0.5, 0.6) is 0 Å². The monoisotopic (exact) mass is 336 g/mol. The second-order valence-corrected chi connectivity index (χ2v) is 9.47. The molecule has 0 aliphatic rings. The first-order valence-electron chi connectivity index (χ1n) is 6.07. The molecular weight excluding hydrogens is 319 g/mol. The van der Waals surface area contributed by atoms with Crippen LogP contribution < -0.4 is 5.73 Å². The highest BCUT2D eigenvalue weighted by Gasteiger charge is 2.26. The highest BCUT2D eigenvalue weighted by atomic mass is 32.4.